The molecule has 0 radical (unpaired) electrons. The first-order valence-electron chi connectivity index (χ1n) is 10.0. The fourth-order valence-electron chi connectivity index (χ4n) is 3.54. The van der Waals surface area contributed by atoms with Crippen molar-refractivity contribution in [1.29, 1.82) is 0 Å². The van der Waals surface area contributed by atoms with E-state index in [0.717, 1.165) is 5.56 Å². The van der Waals surface area contributed by atoms with E-state index in [1.165, 1.54) is 40.2 Å². The number of aromatic nitrogens is 1. The predicted octanol–water partition coefficient (Wildman–Crippen LogP) is 3.03. The van der Waals surface area contributed by atoms with E-state index in [9.17, 15) is 19.1 Å². The number of ether oxygens (including phenoxy) is 1. The Bertz CT molecular complexity index is 1380. The van der Waals surface area contributed by atoms with Crippen LogP contribution in [0.15, 0.2) is 69.6 Å². The van der Waals surface area contributed by atoms with E-state index in [2.05, 4.69) is 4.99 Å². The molecule has 0 amide bonds. The lowest BCUT2D eigenvalue weighted by Crippen LogP contribution is -2.40. The van der Waals surface area contributed by atoms with Crippen LogP contribution in [0.3, 0.4) is 0 Å². The molecule has 4 rings (SSSR count). The average Bonchev–Trinajstić information content (AvgIpc) is 3.03. The van der Waals surface area contributed by atoms with Gasteiger partial charge in [0.25, 0.3) is 5.56 Å². The fourth-order valence-corrected chi connectivity index (χ4v) is 4.59. The maximum absolute atomic E-state index is 13.6. The highest BCUT2D eigenvalue weighted by molar-refractivity contribution is 7.07. The number of aromatic hydroxyl groups is 1. The summed E-state index contributed by atoms with van der Waals surface area (Å²) in [5.41, 5.74) is 1.69. The number of esters is 1. The van der Waals surface area contributed by atoms with Crippen molar-refractivity contribution in [3.05, 3.63) is 96.4 Å². The molecule has 3 aromatic rings. The topological polar surface area (TPSA) is 80.9 Å². The number of hydrogen-bond donors (Lipinski definition) is 1. The van der Waals surface area contributed by atoms with E-state index in [-0.39, 0.29) is 23.0 Å². The zero-order chi connectivity index (χ0) is 23.0. The average molecular weight is 453 g/mol. The summed E-state index contributed by atoms with van der Waals surface area (Å²) in [5.74, 6) is -0.854. The Balaban J connectivity index is 1.93. The smallest absolute Gasteiger partial charge is 0.338 e. The summed E-state index contributed by atoms with van der Waals surface area (Å²) in [7, 11) is 0. The number of carbonyl (C=O) groups excluding carboxylic acids is 1. The zero-order valence-corrected chi connectivity index (χ0v) is 18.5. The fraction of sp³-hybridized carbons (Fsp3) is 0.208. The minimum atomic E-state index is -0.792. The summed E-state index contributed by atoms with van der Waals surface area (Å²) in [6, 6.07) is 11.4. The van der Waals surface area contributed by atoms with Crippen molar-refractivity contribution in [2.24, 2.45) is 4.99 Å². The lowest BCUT2D eigenvalue weighted by Gasteiger charge is -2.25. The number of nitrogens with zero attached hydrogens (tertiary/aromatic N) is 2. The first-order valence-corrected chi connectivity index (χ1v) is 10.8. The van der Waals surface area contributed by atoms with E-state index in [1.807, 2.05) is 0 Å². The predicted molar refractivity (Wildman–Crippen MR) is 120 cm³/mol. The number of thiazole rings is 1. The highest BCUT2D eigenvalue weighted by atomic mass is 32.1. The monoisotopic (exact) mass is 452 g/mol. The quantitative estimate of drug-likeness (QED) is 0.617. The van der Waals surface area contributed by atoms with Crippen molar-refractivity contribution >= 4 is 23.4 Å². The summed E-state index contributed by atoms with van der Waals surface area (Å²) < 4.78 is 20.9. The highest BCUT2D eigenvalue weighted by Gasteiger charge is 2.33. The van der Waals surface area contributed by atoms with E-state index in [0.29, 0.717) is 20.6 Å². The molecule has 0 fully saturated rings. The first-order chi connectivity index (χ1) is 15.2. The number of phenols is 1. The molecule has 6 nitrogen and oxygen atoms in total. The van der Waals surface area contributed by atoms with Crippen molar-refractivity contribution < 1.29 is 19.0 Å². The Morgan fingerprint density at radius 3 is 2.47 bits per heavy atom. The van der Waals surface area contributed by atoms with Crippen LogP contribution in [-0.4, -0.2) is 21.7 Å². The maximum Gasteiger partial charge on any atom is 0.338 e. The van der Waals surface area contributed by atoms with Gasteiger partial charge in [-0.05, 0) is 62.2 Å². The van der Waals surface area contributed by atoms with Gasteiger partial charge >= 0.3 is 5.97 Å². The van der Waals surface area contributed by atoms with E-state index < -0.39 is 17.8 Å². The van der Waals surface area contributed by atoms with E-state index in [1.54, 1.807) is 51.1 Å². The number of carbonyl (C=O) groups is 1. The number of benzene rings is 2. The molecule has 1 unspecified atom stereocenters. The van der Waals surface area contributed by atoms with Gasteiger partial charge in [0.2, 0.25) is 0 Å². The summed E-state index contributed by atoms with van der Waals surface area (Å²) in [6.45, 7) is 5.19. The number of allylic oxidation sites excluding steroid dienone is 1. The van der Waals surface area contributed by atoms with Crippen LogP contribution in [0.1, 0.15) is 37.9 Å². The number of fused-ring (bicyclic) bond motifs is 1. The van der Waals surface area contributed by atoms with Crippen LogP contribution in [0.5, 0.6) is 5.75 Å². The third-order valence-corrected chi connectivity index (χ3v) is 5.94. The van der Waals surface area contributed by atoms with Crippen molar-refractivity contribution in [2.45, 2.75) is 32.9 Å². The van der Waals surface area contributed by atoms with Crippen molar-refractivity contribution in [2.75, 3.05) is 0 Å². The number of phenolic OH excluding ortho intramolecular Hbond substituents is 1. The first kappa shape index (κ1) is 21.7. The molecule has 1 atom stereocenters. The largest absolute Gasteiger partial charge is 0.508 e. The Morgan fingerprint density at radius 2 is 1.84 bits per heavy atom. The second-order valence-corrected chi connectivity index (χ2v) is 8.69. The van der Waals surface area contributed by atoms with Crippen molar-refractivity contribution in [3.63, 3.8) is 0 Å². The van der Waals surface area contributed by atoms with Crippen LogP contribution in [0.2, 0.25) is 0 Å². The molecule has 0 spiro atoms. The molecule has 1 aliphatic heterocycles. The van der Waals surface area contributed by atoms with Gasteiger partial charge in [-0.1, -0.05) is 35.6 Å². The number of rotatable bonds is 4. The van der Waals surface area contributed by atoms with Gasteiger partial charge in [-0.2, -0.15) is 0 Å². The Kier molecular flexibility index (Phi) is 5.80. The Hall–Kier alpha value is -3.52. The van der Waals surface area contributed by atoms with Crippen LogP contribution in [-0.2, 0) is 9.53 Å². The van der Waals surface area contributed by atoms with Crippen LogP contribution < -0.4 is 14.9 Å². The molecule has 2 aromatic carbocycles. The lowest BCUT2D eigenvalue weighted by atomic mass is 9.96. The molecule has 1 aromatic heterocycles. The van der Waals surface area contributed by atoms with Gasteiger partial charge in [-0.3, -0.25) is 9.36 Å². The summed E-state index contributed by atoms with van der Waals surface area (Å²) in [4.78, 5) is 31.3. The van der Waals surface area contributed by atoms with E-state index >= 15 is 0 Å². The van der Waals surface area contributed by atoms with Gasteiger partial charge in [0.15, 0.2) is 4.80 Å². The molecule has 0 aliphatic carbocycles. The molecule has 1 aliphatic rings. The molecular formula is C24H21FN2O4S. The summed E-state index contributed by atoms with van der Waals surface area (Å²) in [5, 5.41) is 9.49. The van der Waals surface area contributed by atoms with Gasteiger partial charge in [0, 0.05) is 0 Å². The third-order valence-electron chi connectivity index (χ3n) is 4.96. The maximum atomic E-state index is 13.6. The van der Waals surface area contributed by atoms with Gasteiger partial charge in [-0.15, -0.1) is 0 Å². The number of hydrogen-bond acceptors (Lipinski definition) is 6. The van der Waals surface area contributed by atoms with E-state index in [4.69, 9.17) is 4.74 Å². The Morgan fingerprint density at radius 1 is 1.19 bits per heavy atom. The molecule has 2 heterocycles. The molecule has 1 N–H and O–H groups in total. The second kappa shape index (κ2) is 8.55. The molecule has 0 bridgehead atoms. The second-order valence-electron chi connectivity index (χ2n) is 7.68. The Labute approximate surface area is 187 Å². The standard InChI is InChI=1S/C24H21FN2O4S/c1-13(2)31-23(30)20-14(3)26-24-27(21(20)16-6-8-17(25)9-7-16)22(29)19(32-24)12-15-4-10-18(28)11-5-15/h4-13,21,28H,1-3H3/b19-12-. The molecule has 0 saturated heterocycles. The SMILES string of the molecule is CC1=C(C(=O)OC(C)C)C(c2ccc(F)cc2)n2c(s/c(=C\c3ccc(O)cc3)c2=O)=N1. The zero-order valence-electron chi connectivity index (χ0n) is 17.7. The van der Waals surface area contributed by atoms with Gasteiger partial charge < -0.3 is 9.84 Å². The van der Waals surface area contributed by atoms with Crippen molar-refractivity contribution in [1.82, 2.24) is 4.57 Å². The molecule has 32 heavy (non-hydrogen) atoms. The van der Waals surface area contributed by atoms with Gasteiger partial charge in [0.05, 0.1) is 27.9 Å². The molecule has 164 valence electrons. The van der Waals surface area contributed by atoms with Crippen LogP contribution >= 0.6 is 11.3 Å². The summed E-state index contributed by atoms with van der Waals surface area (Å²) >= 11 is 1.20. The summed E-state index contributed by atoms with van der Waals surface area (Å²) in [6.07, 6.45) is 1.35. The normalized spacial score (nSPS) is 16.2. The molecule has 0 saturated carbocycles. The minimum absolute atomic E-state index is 0.129. The lowest BCUT2D eigenvalue weighted by molar-refractivity contribution is -0.143. The van der Waals surface area contributed by atoms with Crippen molar-refractivity contribution in [3.8, 4) is 5.75 Å². The minimum Gasteiger partial charge on any atom is -0.508 e. The number of halogens is 1. The molecule has 8 heteroatoms. The molecular weight excluding hydrogens is 431 g/mol. The van der Waals surface area contributed by atoms with Crippen LogP contribution in [0, 0.1) is 5.82 Å². The van der Waals surface area contributed by atoms with Gasteiger partial charge in [0.1, 0.15) is 11.6 Å². The van der Waals surface area contributed by atoms with Gasteiger partial charge in [-0.25, -0.2) is 14.2 Å². The van der Waals surface area contributed by atoms with Crippen LogP contribution in [0.4, 0.5) is 4.39 Å². The third kappa shape index (κ3) is 4.13. The van der Waals surface area contributed by atoms with Crippen LogP contribution in [0.25, 0.3) is 6.08 Å². The highest BCUT2D eigenvalue weighted by Crippen LogP contribution is 2.31.